The Kier molecular flexibility index (Phi) is 7.77. The van der Waals surface area contributed by atoms with Gasteiger partial charge in [0.2, 0.25) is 5.91 Å². The summed E-state index contributed by atoms with van der Waals surface area (Å²) in [6.45, 7) is 0.856. The first-order chi connectivity index (χ1) is 16.5. The number of hydrogen-bond donors (Lipinski definition) is 2. The minimum absolute atomic E-state index is 0.0584. The fraction of sp³-hybridized carbons (Fsp3) is 0.423. The van der Waals surface area contributed by atoms with Crippen molar-refractivity contribution >= 4 is 29.7 Å². The third-order valence-corrected chi connectivity index (χ3v) is 7.27. The molecule has 1 aliphatic heterocycles. The molecule has 1 fully saturated rings. The minimum Gasteiger partial charge on any atom is -0.481 e. The maximum absolute atomic E-state index is 13.1. The van der Waals surface area contributed by atoms with E-state index in [1.54, 1.807) is 16.7 Å². The lowest BCUT2D eigenvalue weighted by Crippen LogP contribution is -2.52. The quantitative estimate of drug-likeness (QED) is 0.591. The van der Waals surface area contributed by atoms with E-state index in [4.69, 9.17) is 4.74 Å². The molecule has 4 rings (SSSR count). The molecule has 7 nitrogen and oxygen atoms in total. The predicted octanol–water partition coefficient (Wildman–Crippen LogP) is 3.97. The van der Waals surface area contributed by atoms with Crippen molar-refractivity contribution in [3.05, 3.63) is 59.7 Å². The standard InChI is InChI=1S/C26H30N2O5S/c1-34-14-12-23(24(29)28-13-6-7-17(15-28)25(30)31)27-26(32)33-16-22-20-10-4-2-8-18(20)19-9-3-5-11-21(19)22/h2-5,8-11,17,22-23H,6-7,12-16H2,1H3,(H,27,32)(H,30,31)/t17?,23-/m1/s1. The summed E-state index contributed by atoms with van der Waals surface area (Å²) in [6.07, 6.45) is 2.97. The predicted molar refractivity (Wildman–Crippen MR) is 132 cm³/mol. The van der Waals surface area contributed by atoms with Gasteiger partial charge in [-0.3, -0.25) is 9.59 Å². The van der Waals surface area contributed by atoms with Crippen molar-refractivity contribution < 1.29 is 24.2 Å². The molecule has 8 heteroatoms. The number of carbonyl (C=O) groups is 3. The van der Waals surface area contributed by atoms with Crippen molar-refractivity contribution in [3.63, 3.8) is 0 Å². The van der Waals surface area contributed by atoms with Crippen molar-refractivity contribution in [1.82, 2.24) is 10.2 Å². The normalized spacial score (nSPS) is 18.0. The highest BCUT2D eigenvalue weighted by atomic mass is 32.2. The Morgan fingerprint density at radius 3 is 2.38 bits per heavy atom. The maximum Gasteiger partial charge on any atom is 0.407 e. The highest BCUT2D eigenvalue weighted by Gasteiger charge is 2.33. The molecule has 180 valence electrons. The molecular formula is C26H30N2O5S. The molecule has 1 saturated heterocycles. The fourth-order valence-corrected chi connectivity index (χ4v) is 5.35. The first-order valence-corrected chi connectivity index (χ1v) is 13.0. The van der Waals surface area contributed by atoms with Crippen molar-refractivity contribution in [2.45, 2.75) is 31.2 Å². The van der Waals surface area contributed by atoms with Crippen molar-refractivity contribution in [2.75, 3.05) is 31.7 Å². The molecule has 2 amide bonds. The second-order valence-electron chi connectivity index (χ2n) is 8.77. The average Bonchev–Trinajstić information content (AvgIpc) is 3.18. The molecular weight excluding hydrogens is 452 g/mol. The number of fused-ring (bicyclic) bond motifs is 3. The number of hydrogen-bond acceptors (Lipinski definition) is 5. The van der Waals surface area contributed by atoms with Crippen LogP contribution in [0.15, 0.2) is 48.5 Å². The molecule has 1 unspecified atom stereocenters. The van der Waals surface area contributed by atoms with E-state index in [0.29, 0.717) is 31.6 Å². The zero-order valence-corrected chi connectivity index (χ0v) is 20.1. The number of carboxylic acid groups (broad SMARTS) is 1. The van der Waals surface area contributed by atoms with E-state index < -0.39 is 24.0 Å². The lowest BCUT2D eigenvalue weighted by atomic mass is 9.97. The number of nitrogens with one attached hydrogen (secondary N) is 1. The first-order valence-electron chi connectivity index (χ1n) is 11.6. The van der Waals surface area contributed by atoms with E-state index in [2.05, 4.69) is 29.6 Å². The zero-order valence-electron chi connectivity index (χ0n) is 19.2. The molecule has 0 spiro atoms. The number of benzene rings is 2. The van der Waals surface area contributed by atoms with E-state index in [1.807, 2.05) is 30.5 Å². The second-order valence-corrected chi connectivity index (χ2v) is 9.75. The van der Waals surface area contributed by atoms with Gasteiger partial charge in [-0.15, -0.1) is 0 Å². The molecule has 2 N–H and O–H groups in total. The summed E-state index contributed by atoms with van der Waals surface area (Å²) in [5, 5.41) is 12.1. The van der Waals surface area contributed by atoms with Gasteiger partial charge in [-0.05, 0) is 53.5 Å². The van der Waals surface area contributed by atoms with Gasteiger partial charge in [0, 0.05) is 19.0 Å². The molecule has 2 atom stereocenters. The van der Waals surface area contributed by atoms with Crippen LogP contribution in [-0.4, -0.2) is 65.7 Å². The number of alkyl carbamates (subject to hydrolysis) is 1. The number of ether oxygens (including phenoxy) is 1. The summed E-state index contributed by atoms with van der Waals surface area (Å²) in [5.74, 6) is -1.06. The number of carbonyl (C=O) groups excluding carboxylic acids is 2. The van der Waals surface area contributed by atoms with Gasteiger partial charge in [0.25, 0.3) is 0 Å². The average molecular weight is 483 g/mol. The van der Waals surface area contributed by atoms with Crippen LogP contribution in [0.1, 0.15) is 36.3 Å². The van der Waals surface area contributed by atoms with Gasteiger partial charge in [0.05, 0.1) is 5.92 Å². The monoisotopic (exact) mass is 482 g/mol. The highest BCUT2D eigenvalue weighted by molar-refractivity contribution is 7.98. The maximum atomic E-state index is 13.1. The van der Waals surface area contributed by atoms with Crippen LogP contribution in [0.4, 0.5) is 4.79 Å². The Balaban J connectivity index is 1.41. The summed E-state index contributed by atoms with van der Waals surface area (Å²) in [7, 11) is 0. The molecule has 0 saturated carbocycles. The van der Waals surface area contributed by atoms with E-state index in [1.165, 1.54) is 0 Å². The van der Waals surface area contributed by atoms with Crippen LogP contribution in [0.25, 0.3) is 11.1 Å². The smallest absolute Gasteiger partial charge is 0.407 e. The van der Waals surface area contributed by atoms with Gasteiger partial charge in [-0.1, -0.05) is 48.5 Å². The molecule has 34 heavy (non-hydrogen) atoms. The Labute approximate surface area is 203 Å². The Bertz CT molecular complexity index is 1010. The van der Waals surface area contributed by atoms with Crippen LogP contribution in [0, 0.1) is 5.92 Å². The largest absolute Gasteiger partial charge is 0.481 e. The zero-order chi connectivity index (χ0) is 24.1. The highest BCUT2D eigenvalue weighted by Crippen LogP contribution is 2.44. The number of carboxylic acids is 1. The summed E-state index contributed by atoms with van der Waals surface area (Å²) < 4.78 is 5.63. The minimum atomic E-state index is -0.886. The molecule has 2 aromatic carbocycles. The second kappa shape index (κ2) is 11.0. The number of thioether (sulfide) groups is 1. The van der Waals surface area contributed by atoms with Gasteiger partial charge in [0.15, 0.2) is 0 Å². The van der Waals surface area contributed by atoms with Gasteiger partial charge in [0.1, 0.15) is 12.6 Å². The third-order valence-electron chi connectivity index (χ3n) is 6.63. The summed E-state index contributed by atoms with van der Waals surface area (Å²) >= 11 is 1.59. The fourth-order valence-electron chi connectivity index (χ4n) is 4.87. The lowest BCUT2D eigenvalue weighted by Gasteiger charge is -2.33. The van der Waals surface area contributed by atoms with Gasteiger partial charge in [-0.2, -0.15) is 11.8 Å². The summed E-state index contributed by atoms with van der Waals surface area (Å²) in [5.41, 5.74) is 4.55. The van der Waals surface area contributed by atoms with Crippen molar-refractivity contribution in [2.24, 2.45) is 5.92 Å². The number of rotatable bonds is 8. The van der Waals surface area contributed by atoms with Crippen LogP contribution < -0.4 is 5.32 Å². The summed E-state index contributed by atoms with van der Waals surface area (Å²) in [4.78, 5) is 38.9. The number of likely N-dealkylation sites (tertiary alicyclic amines) is 1. The van der Waals surface area contributed by atoms with Crippen LogP contribution in [0.5, 0.6) is 0 Å². The molecule has 2 aromatic rings. The van der Waals surface area contributed by atoms with Gasteiger partial charge < -0.3 is 20.1 Å². The van der Waals surface area contributed by atoms with Crippen LogP contribution in [0.3, 0.4) is 0 Å². The molecule has 1 heterocycles. The van der Waals surface area contributed by atoms with Gasteiger partial charge in [-0.25, -0.2) is 4.79 Å². The van der Waals surface area contributed by atoms with E-state index in [9.17, 15) is 19.5 Å². The SMILES string of the molecule is CSCC[C@@H](NC(=O)OCC1c2ccccc2-c2ccccc21)C(=O)N1CCCC(C(=O)O)C1. The Hall–Kier alpha value is -3.00. The van der Waals surface area contributed by atoms with Crippen molar-refractivity contribution in [1.29, 1.82) is 0 Å². The van der Waals surface area contributed by atoms with Crippen molar-refractivity contribution in [3.8, 4) is 11.1 Å². The Morgan fingerprint density at radius 2 is 1.76 bits per heavy atom. The molecule has 0 radical (unpaired) electrons. The number of amides is 2. The van der Waals surface area contributed by atoms with E-state index in [0.717, 1.165) is 22.3 Å². The van der Waals surface area contributed by atoms with Crippen LogP contribution in [0.2, 0.25) is 0 Å². The first kappa shape index (κ1) is 24.1. The van der Waals surface area contributed by atoms with E-state index >= 15 is 0 Å². The number of aliphatic carboxylic acids is 1. The topological polar surface area (TPSA) is 95.9 Å². The molecule has 1 aliphatic carbocycles. The lowest BCUT2D eigenvalue weighted by molar-refractivity contribution is -0.146. The van der Waals surface area contributed by atoms with Gasteiger partial charge >= 0.3 is 12.1 Å². The molecule has 2 aliphatic rings. The number of piperidine rings is 1. The van der Waals surface area contributed by atoms with Crippen LogP contribution in [-0.2, 0) is 14.3 Å². The molecule has 0 aromatic heterocycles. The summed E-state index contributed by atoms with van der Waals surface area (Å²) in [6, 6.07) is 15.5. The Morgan fingerprint density at radius 1 is 1.12 bits per heavy atom. The number of nitrogens with zero attached hydrogens (tertiary/aromatic N) is 1. The van der Waals surface area contributed by atoms with E-state index in [-0.39, 0.29) is 25.0 Å². The van der Waals surface area contributed by atoms with Crippen LogP contribution >= 0.6 is 11.8 Å². The third kappa shape index (κ3) is 5.22. The molecule has 0 bridgehead atoms.